The first-order valence-corrected chi connectivity index (χ1v) is 4.99. The highest BCUT2D eigenvalue weighted by atomic mass is 19.1. The summed E-state index contributed by atoms with van der Waals surface area (Å²) >= 11 is 0. The standard InChI is InChI=1S/C11H14FNO3/c12-8-4-1-2-5-9(8)16-10(11(14)15)6-3-7-13/h1-2,4-5,10H,3,6-7,13H2,(H,14,15). The molecule has 0 aliphatic carbocycles. The molecule has 1 aromatic carbocycles. The molecular weight excluding hydrogens is 213 g/mol. The van der Waals surface area contributed by atoms with Crippen molar-refractivity contribution >= 4 is 5.97 Å². The van der Waals surface area contributed by atoms with E-state index in [0.717, 1.165) is 0 Å². The van der Waals surface area contributed by atoms with Crippen LogP contribution in [0.4, 0.5) is 4.39 Å². The highest BCUT2D eigenvalue weighted by Gasteiger charge is 2.19. The van der Waals surface area contributed by atoms with Crippen molar-refractivity contribution in [2.75, 3.05) is 6.54 Å². The molecule has 4 nitrogen and oxygen atoms in total. The number of hydrogen-bond acceptors (Lipinski definition) is 3. The monoisotopic (exact) mass is 227 g/mol. The molecule has 0 amide bonds. The summed E-state index contributed by atoms with van der Waals surface area (Å²) in [5.74, 6) is -1.73. The molecule has 0 fully saturated rings. The third kappa shape index (κ3) is 3.51. The van der Waals surface area contributed by atoms with Gasteiger partial charge in [-0.3, -0.25) is 0 Å². The van der Waals surface area contributed by atoms with Crippen LogP contribution in [0, 0.1) is 5.82 Å². The molecule has 1 unspecified atom stereocenters. The normalized spacial score (nSPS) is 12.1. The van der Waals surface area contributed by atoms with Crippen LogP contribution in [0.1, 0.15) is 12.8 Å². The van der Waals surface area contributed by atoms with Gasteiger partial charge in [-0.25, -0.2) is 9.18 Å². The second-order valence-electron chi connectivity index (χ2n) is 3.31. The maximum atomic E-state index is 13.2. The molecule has 0 aliphatic heterocycles. The first kappa shape index (κ1) is 12.4. The molecule has 1 aromatic rings. The van der Waals surface area contributed by atoms with Crippen molar-refractivity contribution in [2.45, 2.75) is 18.9 Å². The number of para-hydroxylation sites is 1. The van der Waals surface area contributed by atoms with Crippen LogP contribution in [0.25, 0.3) is 0 Å². The van der Waals surface area contributed by atoms with Crippen LogP contribution in [-0.4, -0.2) is 23.7 Å². The van der Waals surface area contributed by atoms with Crippen LogP contribution in [0.15, 0.2) is 24.3 Å². The minimum atomic E-state index is -1.11. The van der Waals surface area contributed by atoms with Crippen molar-refractivity contribution in [1.82, 2.24) is 0 Å². The number of rotatable bonds is 6. The molecule has 0 aliphatic rings. The number of carboxylic acid groups (broad SMARTS) is 1. The van der Waals surface area contributed by atoms with Gasteiger partial charge in [0, 0.05) is 0 Å². The fraction of sp³-hybridized carbons (Fsp3) is 0.364. The molecule has 1 rings (SSSR count). The van der Waals surface area contributed by atoms with Crippen LogP contribution < -0.4 is 10.5 Å². The number of aliphatic carboxylic acids is 1. The van der Waals surface area contributed by atoms with Crippen molar-refractivity contribution in [3.63, 3.8) is 0 Å². The number of nitrogens with two attached hydrogens (primary N) is 1. The molecule has 16 heavy (non-hydrogen) atoms. The van der Waals surface area contributed by atoms with E-state index >= 15 is 0 Å². The van der Waals surface area contributed by atoms with Crippen molar-refractivity contribution in [1.29, 1.82) is 0 Å². The van der Waals surface area contributed by atoms with E-state index in [2.05, 4.69) is 0 Å². The van der Waals surface area contributed by atoms with Crippen molar-refractivity contribution < 1.29 is 19.0 Å². The molecule has 88 valence electrons. The van der Waals surface area contributed by atoms with Gasteiger partial charge in [-0.15, -0.1) is 0 Å². The van der Waals surface area contributed by atoms with Gasteiger partial charge in [-0.2, -0.15) is 0 Å². The zero-order valence-electron chi connectivity index (χ0n) is 8.73. The number of benzene rings is 1. The zero-order valence-corrected chi connectivity index (χ0v) is 8.73. The van der Waals surface area contributed by atoms with E-state index in [-0.39, 0.29) is 12.2 Å². The van der Waals surface area contributed by atoms with Crippen LogP contribution in [0.2, 0.25) is 0 Å². The van der Waals surface area contributed by atoms with Gasteiger partial charge in [0.15, 0.2) is 17.7 Å². The number of halogens is 1. The lowest BCUT2D eigenvalue weighted by atomic mass is 10.2. The van der Waals surface area contributed by atoms with E-state index in [1.807, 2.05) is 0 Å². The highest BCUT2D eigenvalue weighted by molar-refractivity contribution is 5.72. The minimum absolute atomic E-state index is 0.0491. The Hall–Kier alpha value is -1.62. The maximum absolute atomic E-state index is 13.2. The Balaban J connectivity index is 2.68. The topological polar surface area (TPSA) is 72.5 Å². The van der Waals surface area contributed by atoms with Gasteiger partial charge in [0.25, 0.3) is 0 Å². The summed E-state index contributed by atoms with van der Waals surface area (Å²) in [5.41, 5.74) is 5.28. The maximum Gasteiger partial charge on any atom is 0.344 e. The molecule has 3 N–H and O–H groups in total. The van der Waals surface area contributed by atoms with E-state index in [1.165, 1.54) is 18.2 Å². The molecule has 0 aromatic heterocycles. The average molecular weight is 227 g/mol. The third-order valence-electron chi connectivity index (χ3n) is 2.05. The quantitative estimate of drug-likeness (QED) is 0.770. The van der Waals surface area contributed by atoms with Gasteiger partial charge in [-0.05, 0) is 31.5 Å². The lowest BCUT2D eigenvalue weighted by molar-refractivity contribution is -0.145. The van der Waals surface area contributed by atoms with Crippen molar-refractivity contribution in [2.24, 2.45) is 5.73 Å². The molecule has 5 heteroatoms. The number of hydrogen-bond donors (Lipinski definition) is 2. The van der Waals surface area contributed by atoms with Crippen LogP contribution in [-0.2, 0) is 4.79 Å². The lowest BCUT2D eigenvalue weighted by Gasteiger charge is -2.14. The average Bonchev–Trinajstić information content (AvgIpc) is 2.26. The van der Waals surface area contributed by atoms with Crippen LogP contribution >= 0.6 is 0 Å². The van der Waals surface area contributed by atoms with E-state index in [4.69, 9.17) is 15.6 Å². The lowest BCUT2D eigenvalue weighted by Crippen LogP contribution is -2.28. The number of carbonyl (C=O) groups is 1. The predicted molar refractivity (Wildman–Crippen MR) is 56.7 cm³/mol. The second kappa shape index (κ2) is 6.07. The van der Waals surface area contributed by atoms with Gasteiger partial charge < -0.3 is 15.6 Å². The van der Waals surface area contributed by atoms with Crippen LogP contribution in [0.5, 0.6) is 5.75 Å². The summed E-state index contributed by atoms with van der Waals surface area (Å²) in [6.45, 7) is 0.379. The Morgan fingerprint density at radius 1 is 1.50 bits per heavy atom. The molecule has 0 saturated carbocycles. The SMILES string of the molecule is NCCCC(Oc1ccccc1F)C(=O)O. The highest BCUT2D eigenvalue weighted by Crippen LogP contribution is 2.18. The fourth-order valence-electron chi connectivity index (χ4n) is 1.23. The molecule has 0 saturated heterocycles. The summed E-state index contributed by atoms with van der Waals surface area (Å²) in [6, 6.07) is 5.71. The van der Waals surface area contributed by atoms with Gasteiger partial charge >= 0.3 is 5.97 Å². The summed E-state index contributed by atoms with van der Waals surface area (Å²) in [4.78, 5) is 10.8. The van der Waals surface area contributed by atoms with Crippen molar-refractivity contribution in [3.8, 4) is 5.75 Å². The Bertz CT molecular complexity index is 357. The van der Waals surface area contributed by atoms with Gasteiger partial charge in [0.2, 0.25) is 0 Å². The zero-order chi connectivity index (χ0) is 12.0. The molecule has 0 radical (unpaired) electrons. The number of carboxylic acids is 1. The van der Waals surface area contributed by atoms with Gasteiger partial charge in [0.1, 0.15) is 0 Å². The molecule has 1 atom stereocenters. The summed E-state index contributed by atoms with van der Waals surface area (Å²) in [7, 11) is 0. The first-order chi connectivity index (χ1) is 7.65. The molecular formula is C11H14FNO3. The van der Waals surface area contributed by atoms with Crippen LogP contribution in [0.3, 0.4) is 0 Å². The summed E-state index contributed by atoms with van der Waals surface area (Å²) in [5, 5.41) is 8.86. The van der Waals surface area contributed by atoms with Crippen molar-refractivity contribution in [3.05, 3.63) is 30.1 Å². The third-order valence-corrected chi connectivity index (χ3v) is 2.05. The first-order valence-electron chi connectivity index (χ1n) is 4.99. The predicted octanol–water partition coefficient (Wildman–Crippen LogP) is 1.40. The molecule has 0 bridgehead atoms. The van der Waals surface area contributed by atoms with E-state index in [9.17, 15) is 9.18 Å². The van der Waals surface area contributed by atoms with Gasteiger partial charge in [0.05, 0.1) is 0 Å². The molecule has 0 heterocycles. The Morgan fingerprint density at radius 3 is 2.75 bits per heavy atom. The van der Waals surface area contributed by atoms with E-state index in [1.54, 1.807) is 6.07 Å². The Labute approximate surface area is 92.8 Å². The summed E-state index contributed by atoms with van der Waals surface area (Å²) in [6.07, 6.45) is -0.272. The van der Waals surface area contributed by atoms with Gasteiger partial charge in [-0.1, -0.05) is 12.1 Å². The Kier molecular flexibility index (Phi) is 4.72. The summed E-state index contributed by atoms with van der Waals surface area (Å²) < 4.78 is 18.3. The molecule has 0 spiro atoms. The number of ether oxygens (including phenoxy) is 1. The minimum Gasteiger partial charge on any atom is -0.479 e. The fourth-order valence-corrected chi connectivity index (χ4v) is 1.23. The van der Waals surface area contributed by atoms with E-state index in [0.29, 0.717) is 13.0 Å². The smallest absolute Gasteiger partial charge is 0.344 e. The largest absolute Gasteiger partial charge is 0.479 e. The Morgan fingerprint density at radius 2 is 2.19 bits per heavy atom. The second-order valence-corrected chi connectivity index (χ2v) is 3.31. The van der Waals surface area contributed by atoms with E-state index < -0.39 is 17.9 Å².